The van der Waals surface area contributed by atoms with Crippen LogP contribution in [0.3, 0.4) is 0 Å². The summed E-state index contributed by atoms with van der Waals surface area (Å²) in [5.41, 5.74) is 1.77. The van der Waals surface area contributed by atoms with Crippen molar-refractivity contribution in [2.75, 3.05) is 37.7 Å². The van der Waals surface area contributed by atoms with Gasteiger partial charge in [-0.3, -0.25) is 14.6 Å². The lowest BCUT2D eigenvalue weighted by atomic mass is 10.2. The van der Waals surface area contributed by atoms with Crippen LogP contribution in [0.15, 0.2) is 59.5 Å². The van der Waals surface area contributed by atoms with Gasteiger partial charge < -0.3 is 0 Å². The Morgan fingerprint density at radius 1 is 0.903 bits per heavy atom. The van der Waals surface area contributed by atoms with Crippen LogP contribution in [0.1, 0.15) is 12.5 Å². The first-order valence-electron chi connectivity index (χ1n) is 10.3. The number of rotatable bonds is 5. The zero-order valence-corrected chi connectivity index (χ0v) is 18.5. The minimum absolute atomic E-state index is 0.156. The molecule has 0 radical (unpaired) electrons. The van der Waals surface area contributed by atoms with E-state index >= 15 is 0 Å². The van der Waals surface area contributed by atoms with Gasteiger partial charge in [-0.2, -0.15) is 4.31 Å². The molecule has 2 aromatic rings. The number of amides is 3. The molecule has 2 saturated heterocycles. The SMILES string of the molecule is Cc1ccc(N2C(=O)N(CN3CCN(S(=O)(=O)c4ccccc4)CC3)C(=O)[C@H]2C)cc1. The summed E-state index contributed by atoms with van der Waals surface area (Å²) in [4.78, 5) is 30.8. The Labute approximate surface area is 182 Å². The zero-order chi connectivity index (χ0) is 22.2. The first kappa shape index (κ1) is 21.5. The molecule has 0 bridgehead atoms. The van der Waals surface area contributed by atoms with Crippen LogP contribution in [0.5, 0.6) is 0 Å². The average Bonchev–Trinajstić information content (AvgIpc) is 2.99. The van der Waals surface area contributed by atoms with E-state index in [1.807, 2.05) is 36.1 Å². The molecule has 0 aliphatic carbocycles. The van der Waals surface area contributed by atoms with Gasteiger partial charge >= 0.3 is 6.03 Å². The largest absolute Gasteiger partial charge is 0.333 e. The molecule has 2 aromatic carbocycles. The molecular formula is C22H26N4O4S. The van der Waals surface area contributed by atoms with Crippen molar-refractivity contribution in [1.29, 1.82) is 0 Å². The van der Waals surface area contributed by atoms with Crippen molar-refractivity contribution in [1.82, 2.24) is 14.1 Å². The molecule has 2 heterocycles. The summed E-state index contributed by atoms with van der Waals surface area (Å²) in [5.74, 6) is -0.245. The van der Waals surface area contributed by atoms with Gasteiger partial charge in [0, 0.05) is 31.9 Å². The number of hydrogen-bond donors (Lipinski definition) is 0. The Hall–Kier alpha value is -2.75. The van der Waals surface area contributed by atoms with Crippen LogP contribution in [0.25, 0.3) is 0 Å². The van der Waals surface area contributed by atoms with E-state index in [9.17, 15) is 18.0 Å². The van der Waals surface area contributed by atoms with E-state index in [0.717, 1.165) is 5.56 Å². The van der Waals surface area contributed by atoms with Crippen LogP contribution < -0.4 is 4.90 Å². The highest BCUT2D eigenvalue weighted by atomic mass is 32.2. The number of nitrogens with zero attached hydrogens (tertiary/aromatic N) is 4. The van der Waals surface area contributed by atoms with Crippen molar-refractivity contribution < 1.29 is 18.0 Å². The highest BCUT2D eigenvalue weighted by Gasteiger charge is 2.44. The van der Waals surface area contributed by atoms with Crippen molar-refractivity contribution in [2.24, 2.45) is 0 Å². The quantitative estimate of drug-likeness (QED) is 0.663. The number of imide groups is 1. The maximum atomic E-state index is 13.0. The summed E-state index contributed by atoms with van der Waals surface area (Å²) in [7, 11) is -3.54. The predicted octanol–water partition coefficient (Wildman–Crippen LogP) is 2.12. The molecular weight excluding hydrogens is 416 g/mol. The Balaban J connectivity index is 1.41. The summed E-state index contributed by atoms with van der Waals surface area (Å²) in [6.07, 6.45) is 0. The molecule has 9 heteroatoms. The van der Waals surface area contributed by atoms with Gasteiger partial charge in [0.15, 0.2) is 0 Å². The van der Waals surface area contributed by atoms with Crippen molar-refractivity contribution in [3.63, 3.8) is 0 Å². The van der Waals surface area contributed by atoms with Gasteiger partial charge in [0.1, 0.15) is 6.04 Å². The summed E-state index contributed by atoms with van der Waals surface area (Å²) < 4.78 is 27.0. The average molecular weight is 443 g/mol. The Morgan fingerprint density at radius 2 is 1.52 bits per heavy atom. The number of carbonyl (C=O) groups excluding carboxylic acids is 2. The molecule has 164 valence electrons. The van der Waals surface area contributed by atoms with E-state index in [0.29, 0.717) is 31.9 Å². The molecule has 4 rings (SSSR count). The van der Waals surface area contributed by atoms with Crippen LogP contribution >= 0.6 is 0 Å². The van der Waals surface area contributed by atoms with E-state index in [1.165, 1.54) is 14.1 Å². The maximum Gasteiger partial charge on any atom is 0.333 e. The van der Waals surface area contributed by atoms with E-state index in [4.69, 9.17) is 0 Å². The van der Waals surface area contributed by atoms with Crippen LogP contribution in [-0.4, -0.2) is 73.4 Å². The summed E-state index contributed by atoms with van der Waals surface area (Å²) in [5, 5.41) is 0. The monoisotopic (exact) mass is 442 g/mol. The lowest BCUT2D eigenvalue weighted by Crippen LogP contribution is -2.52. The lowest BCUT2D eigenvalue weighted by Gasteiger charge is -2.35. The fourth-order valence-electron chi connectivity index (χ4n) is 3.95. The maximum absolute atomic E-state index is 13.0. The first-order chi connectivity index (χ1) is 14.8. The molecule has 8 nitrogen and oxygen atoms in total. The number of sulfonamides is 1. The third-order valence-electron chi connectivity index (χ3n) is 5.81. The molecule has 0 aromatic heterocycles. The van der Waals surface area contributed by atoms with Gasteiger partial charge in [-0.1, -0.05) is 35.9 Å². The van der Waals surface area contributed by atoms with Crippen LogP contribution in [0, 0.1) is 6.92 Å². The topological polar surface area (TPSA) is 81.2 Å². The van der Waals surface area contributed by atoms with Gasteiger partial charge in [0.2, 0.25) is 10.0 Å². The number of benzene rings is 2. The Kier molecular flexibility index (Phi) is 5.83. The van der Waals surface area contributed by atoms with Gasteiger partial charge in [-0.05, 0) is 38.1 Å². The zero-order valence-electron chi connectivity index (χ0n) is 17.6. The summed E-state index contributed by atoms with van der Waals surface area (Å²) in [6.45, 7) is 5.36. The predicted molar refractivity (Wildman–Crippen MR) is 117 cm³/mol. The minimum Gasteiger partial charge on any atom is -0.283 e. The first-order valence-corrected chi connectivity index (χ1v) is 11.7. The number of urea groups is 1. The van der Waals surface area contributed by atoms with E-state index in [1.54, 1.807) is 37.3 Å². The van der Waals surface area contributed by atoms with Crippen molar-refractivity contribution in [2.45, 2.75) is 24.8 Å². The van der Waals surface area contributed by atoms with Gasteiger partial charge in [0.25, 0.3) is 5.91 Å². The molecule has 0 N–H and O–H groups in total. The van der Waals surface area contributed by atoms with E-state index in [-0.39, 0.29) is 23.5 Å². The van der Waals surface area contributed by atoms with Crippen molar-refractivity contribution >= 4 is 27.6 Å². The third-order valence-corrected chi connectivity index (χ3v) is 7.73. The molecule has 2 fully saturated rings. The molecule has 31 heavy (non-hydrogen) atoms. The molecule has 1 atom stereocenters. The number of hydrogen-bond acceptors (Lipinski definition) is 5. The lowest BCUT2D eigenvalue weighted by molar-refractivity contribution is -0.128. The molecule has 0 unspecified atom stereocenters. The molecule has 3 amide bonds. The second-order valence-electron chi connectivity index (χ2n) is 7.91. The normalized spacial score (nSPS) is 21.2. The van der Waals surface area contributed by atoms with Crippen LogP contribution in [0.2, 0.25) is 0 Å². The van der Waals surface area contributed by atoms with Crippen molar-refractivity contribution in [3.8, 4) is 0 Å². The Morgan fingerprint density at radius 3 is 2.13 bits per heavy atom. The Bertz CT molecular complexity index is 1060. The number of aryl methyl sites for hydroxylation is 1. The van der Waals surface area contributed by atoms with E-state index in [2.05, 4.69) is 0 Å². The second-order valence-corrected chi connectivity index (χ2v) is 9.84. The van der Waals surface area contributed by atoms with Crippen LogP contribution in [0.4, 0.5) is 10.5 Å². The second kappa shape index (κ2) is 8.41. The highest BCUT2D eigenvalue weighted by Crippen LogP contribution is 2.26. The summed E-state index contributed by atoms with van der Waals surface area (Å²) >= 11 is 0. The number of anilines is 1. The van der Waals surface area contributed by atoms with Gasteiger partial charge in [0.05, 0.1) is 11.6 Å². The molecule has 2 aliphatic rings. The van der Waals surface area contributed by atoms with Gasteiger partial charge in [-0.15, -0.1) is 0 Å². The smallest absolute Gasteiger partial charge is 0.283 e. The van der Waals surface area contributed by atoms with Gasteiger partial charge in [-0.25, -0.2) is 18.1 Å². The number of piperazine rings is 1. The third kappa shape index (κ3) is 4.08. The van der Waals surface area contributed by atoms with Crippen molar-refractivity contribution in [3.05, 3.63) is 60.2 Å². The fourth-order valence-corrected chi connectivity index (χ4v) is 5.39. The molecule has 0 spiro atoms. The fraction of sp³-hybridized carbons (Fsp3) is 0.364. The summed E-state index contributed by atoms with van der Waals surface area (Å²) in [6, 6.07) is 14.9. The standard InChI is InChI=1S/C22H26N4O4S/c1-17-8-10-19(11-9-17)26-18(2)21(27)25(22(26)28)16-23-12-14-24(15-13-23)31(29,30)20-6-4-3-5-7-20/h3-11,18H,12-16H2,1-2H3/t18-/m1/s1. The minimum atomic E-state index is -3.54. The highest BCUT2D eigenvalue weighted by molar-refractivity contribution is 7.89. The van der Waals surface area contributed by atoms with Crippen LogP contribution in [-0.2, 0) is 14.8 Å². The molecule has 2 aliphatic heterocycles. The number of carbonyl (C=O) groups is 2. The van der Waals surface area contributed by atoms with E-state index < -0.39 is 16.1 Å². The molecule has 0 saturated carbocycles.